The second-order valence-electron chi connectivity index (χ2n) is 8.10. The molecule has 1 saturated heterocycles. The van der Waals surface area contributed by atoms with E-state index in [0.717, 1.165) is 36.1 Å². The van der Waals surface area contributed by atoms with E-state index in [9.17, 15) is 0 Å². The normalized spacial score (nSPS) is 17.0. The quantitative estimate of drug-likeness (QED) is 0.483. The zero-order valence-electron chi connectivity index (χ0n) is 17.5. The minimum Gasteiger partial charge on any atom is -0.350 e. The van der Waals surface area contributed by atoms with E-state index in [2.05, 4.69) is 62.7 Å². The lowest BCUT2D eigenvalue weighted by molar-refractivity contribution is 0.199. The second-order valence-corrected chi connectivity index (χ2v) is 8.96. The third kappa shape index (κ3) is 4.18. The number of piperidine rings is 1. The van der Waals surface area contributed by atoms with Gasteiger partial charge in [-0.15, -0.1) is 11.3 Å². The van der Waals surface area contributed by atoms with Crippen molar-refractivity contribution < 1.29 is 0 Å². The van der Waals surface area contributed by atoms with Crippen molar-refractivity contribution in [1.82, 2.24) is 19.4 Å². The molecular weight excluding hydrogens is 404 g/mol. The minimum absolute atomic E-state index is 0.416. The molecule has 5 rings (SSSR count). The van der Waals surface area contributed by atoms with E-state index in [1.165, 1.54) is 29.3 Å². The molecule has 1 aliphatic rings. The molecule has 0 amide bonds. The number of thiazole rings is 1. The van der Waals surface area contributed by atoms with Gasteiger partial charge in [0.1, 0.15) is 11.8 Å². The number of benzene rings is 1. The van der Waals surface area contributed by atoms with Crippen molar-refractivity contribution in [3.05, 3.63) is 71.1 Å². The lowest BCUT2D eigenvalue weighted by Crippen LogP contribution is -2.34. The van der Waals surface area contributed by atoms with Crippen molar-refractivity contribution in [3.8, 4) is 6.07 Å². The molecule has 6 nitrogen and oxygen atoms in total. The second kappa shape index (κ2) is 8.50. The first-order valence-electron chi connectivity index (χ1n) is 10.5. The zero-order chi connectivity index (χ0) is 21.2. The van der Waals surface area contributed by atoms with Crippen molar-refractivity contribution in [1.29, 1.82) is 5.26 Å². The molecule has 7 heteroatoms. The Morgan fingerprint density at radius 1 is 1.26 bits per heavy atom. The number of nitrogens with one attached hydrogen (secondary N) is 1. The Hall–Kier alpha value is -3.21. The lowest BCUT2D eigenvalue weighted by Gasteiger charge is -2.31. The number of rotatable bonds is 5. The molecule has 1 fully saturated rings. The maximum atomic E-state index is 8.89. The molecule has 1 aromatic carbocycles. The standard InChI is InChI=1S/C24H24N6S/c1-29-13-18(21-6-2-3-7-23(21)29)15-30-10-4-5-17(14-30)22-16-31-24(28-22)27-20-9-8-19(11-25)26-12-20/h2-3,6-9,12-13,16-17H,4-5,10,14-15H2,1H3,(H,27,28)/t17-/m1/s1. The van der Waals surface area contributed by atoms with Gasteiger partial charge in [-0.3, -0.25) is 4.90 Å². The number of nitrogens with zero attached hydrogens (tertiary/aromatic N) is 5. The van der Waals surface area contributed by atoms with Crippen LogP contribution in [0.1, 0.15) is 35.7 Å². The van der Waals surface area contributed by atoms with E-state index in [-0.39, 0.29) is 0 Å². The molecule has 4 aromatic rings. The molecule has 1 N–H and O–H groups in total. The van der Waals surface area contributed by atoms with E-state index in [0.29, 0.717) is 11.6 Å². The van der Waals surface area contributed by atoms with Crippen LogP contribution in [0.3, 0.4) is 0 Å². The van der Waals surface area contributed by atoms with E-state index < -0.39 is 0 Å². The highest BCUT2D eigenvalue weighted by Gasteiger charge is 2.24. The predicted molar refractivity (Wildman–Crippen MR) is 125 cm³/mol. The summed E-state index contributed by atoms with van der Waals surface area (Å²) < 4.78 is 2.22. The molecule has 0 aliphatic carbocycles. The highest BCUT2D eigenvalue weighted by Crippen LogP contribution is 2.32. The lowest BCUT2D eigenvalue weighted by atomic mass is 9.95. The average molecular weight is 429 g/mol. The Labute approximate surface area is 185 Å². The van der Waals surface area contributed by atoms with Crippen LogP contribution in [0.4, 0.5) is 10.8 Å². The van der Waals surface area contributed by atoms with Crippen molar-refractivity contribution in [2.45, 2.75) is 25.3 Å². The van der Waals surface area contributed by atoms with Gasteiger partial charge in [0.15, 0.2) is 5.13 Å². The van der Waals surface area contributed by atoms with Gasteiger partial charge < -0.3 is 9.88 Å². The monoisotopic (exact) mass is 428 g/mol. The maximum Gasteiger partial charge on any atom is 0.187 e. The van der Waals surface area contributed by atoms with Gasteiger partial charge in [-0.1, -0.05) is 18.2 Å². The Morgan fingerprint density at radius 3 is 3.00 bits per heavy atom. The number of likely N-dealkylation sites (tertiary alicyclic amines) is 1. The fourth-order valence-electron chi connectivity index (χ4n) is 4.42. The zero-order valence-corrected chi connectivity index (χ0v) is 18.3. The number of hydrogen-bond acceptors (Lipinski definition) is 6. The fraction of sp³-hybridized carbons (Fsp3) is 0.292. The summed E-state index contributed by atoms with van der Waals surface area (Å²) >= 11 is 1.62. The smallest absolute Gasteiger partial charge is 0.187 e. The molecule has 0 radical (unpaired) electrons. The Bertz CT molecular complexity index is 1230. The number of anilines is 2. The van der Waals surface area contributed by atoms with Crippen LogP contribution < -0.4 is 5.32 Å². The maximum absolute atomic E-state index is 8.89. The SMILES string of the molecule is Cn1cc(CN2CCC[C@@H](c3csc(Nc4ccc(C#N)nc4)n3)C2)c2ccccc21. The number of pyridine rings is 1. The highest BCUT2D eigenvalue weighted by atomic mass is 32.1. The topological polar surface area (TPSA) is 69.8 Å². The van der Waals surface area contributed by atoms with Gasteiger partial charge in [0.05, 0.1) is 17.6 Å². The molecule has 0 bridgehead atoms. The molecule has 0 unspecified atom stereocenters. The van der Waals surface area contributed by atoms with E-state index >= 15 is 0 Å². The summed E-state index contributed by atoms with van der Waals surface area (Å²) in [5, 5.41) is 16.6. The summed E-state index contributed by atoms with van der Waals surface area (Å²) in [6.45, 7) is 3.14. The first kappa shape index (κ1) is 19.7. The van der Waals surface area contributed by atoms with Crippen molar-refractivity contribution >= 4 is 33.1 Å². The summed E-state index contributed by atoms with van der Waals surface area (Å²) in [6.07, 6.45) is 6.31. The van der Waals surface area contributed by atoms with Gasteiger partial charge in [0.25, 0.3) is 0 Å². The van der Waals surface area contributed by atoms with Crippen LogP contribution in [0.25, 0.3) is 10.9 Å². The predicted octanol–water partition coefficient (Wildman–Crippen LogP) is 5.02. The molecule has 4 heterocycles. The molecule has 0 spiro atoms. The third-order valence-corrected chi connectivity index (χ3v) is 6.72. The molecule has 31 heavy (non-hydrogen) atoms. The summed E-state index contributed by atoms with van der Waals surface area (Å²) in [4.78, 5) is 11.5. The summed E-state index contributed by atoms with van der Waals surface area (Å²) in [5.74, 6) is 0.453. The van der Waals surface area contributed by atoms with Gasteiger partial charge in [0.2, 0.25) is 0 Å². The van der Waals surface area contributed by atoms with Crippen LogP contribution >= 0.6 is 11.3 Å². The first-order chi connectivity index (χ1) is 15.2. The molecule has 0 saturated carbocycles. The summed E-state index contributed by atoms with van der Waals surface area (Å²) in [5.41, 5.74) is 5.11. The fourth-order valence-corrected chi connectivity index (χ4v) is 5.23. The molecular formula is C24H24N6S. The van der Waals surface area contributed by atoms with Crippen LogP contribution in [-0.2, 0) is 13.6 Å². The van der Waals surface area contributed by atoms with Crippen LogP contribution in [0.5, 0.6) is 0 Å². The van der Waals surface area contributed by atoms with Gasteiger partial charge >= 0.3 is 0 Å². The van der Waals surface area contributed by atoms with Crippen molar-refractivity contribution in [3.63, 3.8) is 0 Å². The Kier molecular flexibility index (Phi) is 5.41. The number of aromatic nitrogens is 3. The van der Waals surface area contributed by atoms with Gasteiger partial charge in [-0.2, -0.15) is 5.26 Å². The number of fused-ring (bicyclic) bond motifs is 1. The summed E-state index contributed by atoms with van der Waals surface area (Å²) in [7, 11) is 2.12. The number of para-hydroxylation sites is 1. The summed E-state index contributed by atoms with van der Waals surface area (Å²) in [6, 6.07) is 14.2. The van der Waals surface area contributed by atoms with Gasteiger partial charge in [-0.05, 0) is 43.1 Å². The van der Waals surface area contributed by atoms with Crippen molar-refractivity contribution in [2.75, 3.05) is 18.4 Å². The average Bonchev–Trinajstić information content (AvgIpc) is 3.40. The van der Waals surface area contributed by atoms with Gasteiger partial charge in [-0.25, -0.2) is 9.97 Å². The van der Waals surface area contributed by atoms with Crippen LogP contribution in [0.2, 0.25) is 0 Å². The molecule has 3 aromatic heterocycles. The third-order valence-electron chi connectivity index (χ3n) is 5.95. The first-order valence-corrected chi connectivity index (χ1v) is 11.4. The van der Waals surface area contributed by atoms with E-state index in [1.807, 2.05) is 12.1 Å². The van der Waals surface area contributed by atoms with Crippen molar-refractivity contribution in [2.24, 2.45) is 7.05 Å². The van der Waals surface area contributed by atoms with Crippen LogP contribution in [0, 0.1) is 11.3 Å². The highest BCUT2D eigenvalue weighted by molar-refractivity contribution is 7.13. The van der Waals surface area contributed by atoms with Crippen LogP contribution in [-0.4, -0.2) is 32.5 Å². The minimum atomic E-state index is 0.416. The number of aryl methyl sites for hydroxylation is 1. The van der Waals surface area contributed by atoms with Crippen LogP contribution in [0.15, 0.2) is 54.2 Å². The largest absolute Gasteiger partial charge is 0.350 e. The Morgan fingerprint density at radius 2 is 2.16 bits per heavy atom. The Balaban J connectivity index is 1.26. The molecule has 1 atom stereocenters. The van der Waals surface area contributed by atoms with Gasteiger partial charge in [0, 0.05) is 48.5 Å². The molecule has 156 valence electrons. The van der Waals surface area contributed by atoms with E-state index in [1.54, 1.807) is 23.6 Å². The number of nitriles is 1. The molecule has 1 aliphatic heterocycles. The van der Waals surface area contributed by atoms with E-state index in [4.69, 9.17) is 10.2 Å². The number of hydrogen-bond donors (Lipinski definition) is 1.